The number of anilines is 2. The fraction of sp³-hybridized carbons (Fsp3) is 0.182. The topological polar surface area (TPSA) is 47.0 Å². The predicted octanol–water partition coefficient (Wildman–Crippen LogP) is 7.48. The Labute approximate surface area is 185 Å². The first-order valence-electron chi connectivity index (χ1n) is 9.39. The molecule has 4 nitrogen and oxygen atoms in total. The fourth-order valence-corrected chi connectivity index (χ4v) is 4.54. The van der Waals surface area contributed by atoms with Gasteiger partial charge in [-0.15, -0.1) is 11.3 Å². The van der Waals surface area contributed by atoms with Crippen LogP contribution in [0.15, 0.2) is 48.8 Å². The normalized spacial score (nSPS) is 11.7. The summed E-state index contributed by atoms with van der Waals surface area (Å²) >= 11 is 7.26. The summed E-state index contributed by atoms with van der Waals surface area (Å²) in [7, 11) is 0. The molecular formula is C22H17ClF3N3OS. The van der Waals surface area contributed by atoms with Crippen LogP contribution in [0.4, 0.5) is 24.7 Å². The SMILES string of the molecule is CCOc1ccc(-c2c(C)sc3ncnc(Nc4ccc(Cl)cc4C(F)(F)F)c23)cc1. The van der Waals surface area contributed by atoms with Gasteiger partial charge in [0.25, 0.3) is 0 Å². The number of benzene rings is 2. The second-order valence-electron chi connectivity index (χ2n) is 6.71. The van der Waals surface area contributed by atoms with E-state index in [4.69, 9.17) is 16.3 Å². The highest BCUT2D eigenvalue weighted by Gasteiger charge is 2.34. The summed E-state index contributed by atoms with van der Waals surface area (Å²) in [5, 5.41) is 3.53. The van der Waals surface area contributed by atoms with Gasteiger partial charge in [0, 0.05) is 15.5 Å². The Morgan fingerprint density at radius 2 is 1.84 bits per heavy atom. The summed E-state index contributed by atoms with van der Waals surface area (Å²) in [6, 6.07) is 11.2. The molecule has 0 saturated heterocycles. The van der Waals surface area contributed by atoms with Gasteiger partial charge in [-0.25, -0.2) is 9.97 Å². The van der Waals surface area contributed by atoms with E-state index in [0.29, 0.717) is 22.6 Å². The Balaban J connectivity index is 1.84. The number of aryl methyl sites for hydroxylation is 1. The Morgan fingerprint density at radius 3 is 2.52 bits per heavy atom. The van der Waals surface area contributed by atoms with Crippen LogP contribution in [0.1, 0.15) is 17.4 Å². The highest BCUT2D eigenvalue weighted by Crippen LogP contribution is 2.43. The first-order valence-corrected chi connectivity index (χ1v) is 10.6. The van der Waals surface area contributed by atoms with Crippen LogP contribution in [-0.2, 0) is 6.18 Å². The largest absolute Gasteiger partial charge is 0.494 e. The summed E-state index contributed by atoms with van der Waals surface area (Å²) in [4.78, 5) is 10.2. The minimum Gasteiger partial charge on any atom is -0.494 e. The molecule has 0 atom stereocenters. The molecule has 9 heteroatoms. The van der Waals surface area contributed by atoms with Crippen molar-refractivity contribution in [1.29, 1.82) is 0 Å². The maximum absolute atomic E-state index is 13.6. The number of nitrogens with zero attached hydrogens (tertiary/aromatic N) is 2. The molecule has 1 N–H and O–H groups in total. The van der Waals surface area contributed by atoms with E-state index >= 15 is 0 Å². The molecule has 0 aliphatic carbocycles. The van der Waals surface area contributed by atoms with E-state index in [1.54, 1.807) is 0 Å². The van der Waals surface area contributed by atoms with E-state index in [1.807, 2.05) is 38.1 Å². The first-order chi connectivity index (χ1) is 14.8. The Bertz CT molecular complexity index is 1240. The zero-order valence-electron chi connectivity index (χ0n) is 16.5. The van der Waals surface area contributed by atoms with Crippen molar-refractivity contribution in [3.63, 3.8) is 0 Å². The molecule has 160 valence electrons. The van der Waals surface area contributed by atoms with Crippen LogP contribution in [0.5, 0.6) is 5.75 Å². The van der Waals surface area contributed by atoms with E-state index in [1.165, 1.54) is 29.8 Å². The lowest BCUT2D eigenvalue weighted by Crippen LogP contribution is -2.09. The second-order valence-corrected chi connectivity index (χ2v) is 8.35. The smallest absolute Gasteiger partial charge is 0.418 e. The Kier molecular flexibility index (Phi) is 5.77. The molecule has 4 aromatic rings. The molecule has 0 aliphatic heterocycles. The van der Waals surface area contributed by atoms with Crippen molar-refractivity contribution in [2.45, 2.75) is 20.0 Å². The first kappa shape index (κ1) is 21.4. The van der Waals surface area contributed by atoms with Crippen LogP contribution in [0, 0.1) is 6.92 Å². The summed E-state index contributed by atoms with van der Waals surface area (Å²) in [5.41, 5.74) is 0.783. The minimum absolute atomic E-state index is 0.00663. The predicted molar refractivity (Wildman–Crippen MR) is 118 cm³/mol. The van der Waals surface area contributed by atoms with Crippen molar-refractivity contribution in [2.75, 3.05) is 11.9 Å². The van der Waals surface area contributed by atoms with Crippen LogP contribution in [0.2, 0.25) is 5.02 Å². The van der Waals surface area contributed by atoms with Crippen LogP contribution in [-0.4, -0.2) is 16.6 Å². The molecule has 0 aliphatic rings. The number of hydrogen-bond acceptors (Lipinski definition) is 5. The minimum atomic E-state index is -4.57. The average Bonchev–Trinajstić information content (AvgIpc) is 3.06. The van der Waals surface area contributed by atoms with Crippen molar-refractivity contribution in [3.05, 3.63) is 64.3 Å². The van der Waals surface area contributed by atoms with Gasteiger partial charge in [-0.05, 0) is 49.7 Å². The van der Waals surface area contributed by atoms with Crippen molar-refractivity contribution < 1.29 is 17.9 Å². The number of rotatable bonds is 5. The Hall–Kier alpha value is -2.84. The third kappa shape index (κ3) is 4.31. The monoisotopic (exact) mass is 463 g/mol. The number of aromatic nitrogens is 2. The molecule has 0 amide bonds. The second kappa shape index (κ2) is 8.36. The van der Waals surface area contributed by atoms with E-state index in [-0.39, 0.29) is 10.7 Å². The van der Waals surface area contributed by atoms with Gasteiger partial charge in [0.15, 0.2) is 0 Å². The summed E-state index contributed by atoms with van der Waals surface area (Å²) in [6.07, 6.45) is -3.23. The highest BCUT2D eigenvalue weighted by molar-refractivity contribution is 7.19. The van der Waals surface area contributed by atoms with E-state index < -0.39 is 11.7 Å². The Morgan fingerprint density at radius 1 is 1.10 bits per heavy atom. The molecule has 4 rings (SSSR count). The van der Waals surface area contributed by atoms with Gasteiger partial charge in [-0.1, -0.05) is 23.7 Å². The van der Waals surface area contributed by atoms with Gasteiger partial charge in [-0.3, -0.25) is 0 Å². The number of thiophene rings is 1. The molecule has 0 radical (unpaired) electrons. The van der Waals surface area contributed by atoms with Crippen molar-refractivity contribution in [2.24, 2.45) is 0 Å². The van der Waals surface area contributed by atoms with Crippen LogP contribution in [0.25, 0.3) is 21.3 Å². The zero-order chi connectivity index (χ0) is 22.2. The standard InChI is InChI=1S/C22H17ClF3N3OS/c1-3-30-15-7-4-13(5-8-15)18-12(2)31-21-19(18)20(27-11-28-21)29-17-9-6-14(23)10-16(17)22(24,25)26/h4-11H,3H2,1-2H3,(H,27,28,29). The van der Waals surface area contributed by atoms with Crippen molar-refractivity contribution in [3.8, 4) is 16.9 Å². The van der Waals surface area contributed by atoms with Crippen LogP contribution >= 0.6 is 22.9 Å². The highest BCUT2D eigenvalue weighted by atomic mass is 35.5. The number of alkyl halides is 3. The third-order valence-electron chi connectivity index (χ3n) is 4.66. The molecule has 2 aromatic carbocycles. The number of fused-ring (bicyclic) bond motifs is 1. The molecule has 0 saturated carbocycles. The van der Waals surface area contributed by atoms with Gasteiger partial charge in [-0.2, -0.15) is 13.2 Å². The third-order valence-corrected chi connectivity index (χ3v) is 5.91. The number of nitrogens with one attached hydrogen (secondary N) is 1. The summed E-state index contributed by atoms with van der Waals surface area (Å²) in [5.74, 6) is 1.04. The molecule has 2 heterocycles. The van der Waals surface area contributed by atoms with Gasteiger partial charge in [0.1, 0.15) is 22.7 Å². The molecule has 0 bridgehead atoms. The van der Waals surface area contributed by atoms with E-state index in [0.717, 1.165) is 27.8 Å². The van der Waals surface area contributed by atoms with Crippen LogP contribution < -0.4 is 10.1 Å². The number of hydrogen-bond donors (Lipinski definition) is 1. The lowest BCUT2D eigenvalue weighted by atomic mass is 10.0. The molecule has 2 aromatic heterocycles. The van der Waals surface area contributed by atoms with Gasteiger partial charge < -0.3 is 10.1 Å². The molecule has 0 unspecified atom stereocenters. The number of halogens is 4. The average molecular weight is 464 g/mol. The molecular weight excluding hydrogens is 447 g/mol. The van der Waals surface area contributed by atoms with Crippen molar-refractivity contribution in [1.82, 2.24) is 9.97 Å². The summed E-state index contributed by atoms with van der Waals surface area (Å²) < 4.78 is 46.2. The van der Waals surface area contributed by atoms with Gasteiger partial charge in [0.2, 0.25) is 0 Å². The maximum atomic E-state index is 13.6. The molecule has 0 fully saturated rings. The summed E-state index contributed by atoms with van der Waals surface area (Å²) in [6.45, 7) is 4.42. The quantitative estimate of drug-likeness (QED) is 0.333. The fourth-order valence-electron chi connectivity index (χ4n) is 3.36. The lowest BCUT2D eigenvalue weighted by molar-refractivity contribution is -0.136. The maximum Gasteiger partial charge on any atom is 0.418 e. The van der Waals surface area contributed by atoms with Crippen LogP contribution in [0.3, 0.4) is 0 Å². The van der Waals surface area contributed by atoms with E-state index in [9.17, 15) is 13.2 Å². The number of ether oxygens (including phenoxy) is 1. The van der Waals surface area contributed by atoms with Gasteiger partial charge >= 0.3 is 6.18 Å². The molecule has 31 heavy (non-hydrogen) atoms. The van der Waals surface area contributed by atoms with Gasteiger partial charge in [0.05, 0.1) is 23.2 Å². The lowest BCUT2D eigenvalue weighted by Gasteiger charge is -2.15. The molecule has 0 spiro atoms. The van der Waals surface area contributed by atoms with E-state index in [2.05, 4.69) is 15.3 Å². The van der Waals surface area contributed by atoms with Crippen molar-refractivity contribution >= 4 is 44.7 Å². The zero-order valence-corrected chi connectivity index (χ0v) is 18.1.